The van der Waals surface area contributed by atoms with Crippen LogP contribution in [0.4, 0.5) is 4.39 Å². The molecule has 3 atom stereocenters. The van der Waals surface area contributed by atoms with Crippen molar-refractivity contribution in [3.63, 3.8) is 0 Å². The minimum atomic E-state index is -1.24. The standard InChI is InChI=1S/C20H21ClFN5O2/c1-20(2,3)16(19(29)26-8-10(22)4-11(26)5-23)27-9-13-14(21)7-25-17-15(13)12(6-24-17)18(27)28/h6-7,10-11,16H,4,8-9H2,1-3H3,(H,24,25)/t10-,11-,16-/m0/s1. The fraction of sp³-hybridized carbons (Fsp3) is 0.500. The van der Waals surface area contributed by atoms with Crippen molar-refractivity contribution >= 4 is 34.4 Å². The van der Waals surface area contributed by atoms with Gasteiger partial charge in [0.15, 0.2) is 0 Å². The van der Waals surface area contributed by atoms with Gasteiger partial charge in [0.1, 0.15) is 23.9 Å². The Balaban J connectivity index is 1.77. The number of hydrogen-bond donors (Lipinski definition) is 1. The molecule has 0 bridgehead atoms. The molecule has 9 heteroatoms. The molecule has 7 nitrogen and oxygen atoms in total. The molecule has 0 aliphatic carbocycles. The molecule has 2 aliphatic rings. The van der Waals surface area contributed by atoms with Gasteiger partial charge in [0, 0.05) is 36.3 Å². The second kappa shape index (κ2) is 6.70. The van der Waals surface area contributed by atoms with Crippen molar-refractivity contribution in [2.75, 3.05) is 6.54 Å². The highest BCUT2D eigenvalue weighted by atomic mass is 35.5. The maximum atomic E-state index is 14.0. The average molecular weight is 418 g/mol. The second-order valence-electron chi connectivity index (χ2n) is 8.68. The summed E-state index contributed by atoms with van der Waals surface area (Å²) in [4.78, 5) is 36.8. The number of nitrogens with one attached hydrogen (secondary N) is 1. The minimum absolute atomic E-state index is 0.00812. The summed E-state index contributed by atoms with van der Waals surface area (Å²) >= 11 is 6.37. The first-order valence-corrected chi connectivity index (χ1v) is 9.81. The van der Waals surface area contributed by atoms with Crippen LogP contribution in [-0.4, -0.2) is 56.4 Å². The fourth-order valence-electron chi connectivity index (χ4n) is 4.35. The fourth-order valence-corrected chi connectivity index (χ4v) is 4.55. The van der Waals surface area contributed by atoms with Crippen LogP contribution >= 0.6 is 11.6 Å². The van der Waals surface area contributed by atoms with Crippen LogP contribution in [0.2, 0.25) is 5.02 Å². The van der Waals surface area contributed by atoms with E-state index >= 15 is 0 Å². The van der Waals surface area contributed by atoms with Crippen LogP contribution in [0.25, 0.3) is 11.0 Å². The number of amides is 2. The molecule has 0 aromatic carbocycles. The van der Waals surface area contributed by atoms with Crippen molar-refractivity contribution in [2.24, 2.45) is 5.41 Å². The van der Waals surface area contributed by atoms with Crippen molar-refractivity contribution in [1.29, 1.82) is 5.26 Å². The van der Waals surface area contributed by atoms with Crippen LogP contribution in [-0.2, 0) is 11.3 Å². The monoisotopic (exact) mass is 417 g/mol. The Morgan fingerprint density at radius 2 is 2.21 bits per heavy atom. The van der Waals surface area contributed by atoms with E-state index in [0.29, 0.717) is 21.6 Å². The number of rotatable bonds is 2. The Bertz CT molecular complexity index is 1050. The zero-order chi connectivity index (χ0) is 21.1. The Morgan fingerprint density at radius 3 is 2.86 bits per heavy atom. The van der Waals surface area contributed by atoms with Crippen molar-refractivity contribution in [2.45, 2.75) is 52.0 Å². The van der Waals surface area contributed by atoms with E-state index in [-0.39, 0.29) is 25.4 Å². The van der Waals surface area contributed by atoms with E-state index in [9.17, 15) is 19.2 Å². The number of carbonyl (C=O) groups is 2. The summed E-state index contributed by atoms with van der Waals surface area (Å²) in [6.07, 6.45) is 1.83. The van der Waals surface area contributed by atoms with Gasteiger partial charge in [-0.2, -0.15) is 5.26 Å². The smallest absolute Gasteiger partial charge is 0.257 e. The molecule has 0 unspecified atom stereocenters. The van der Waals surface area contributed by atoms with Gasteiger partial charge >= 0.3 is 0 Å². The molecule has 2 amide bonds. The number of aromatic nitrogens is 2. The summed E-state index contributed by atoms with van der Waals surface area (Å²) in [7, 11) is 0. The molecule has 1 N–H and O–H groups in total. The molecule has 4 rings (SSSR count). The highest BCUT2D eigenvalue weighted by molar-refractivity contribution is 6.32. The molecule has 152 valence electrons. The van der Waals surface area contributed by atoms with E-state index in [4.69, 9.17) is 11.6 Å². The van der Waals surface area contributed by atoms with E-state index in [2.05, 4.69) is 9.97 Å². The van der Waals surface area contributed by atoms with Crippen LogP contribution in [0, 0.1) is 16.7 Å². The Labute approximate surface area is 172 Å². The average Bonchev–Trinajstić information content (AvgIpc) is 3.24. The Morgan fingerprint density at radius 1 is 1.48 bits per heavy atom. The predicted octanol–water partition coefficient (Wildman–Crippen LogP) is 3.05. The zero-order valence-electron chi connectivity index (χ0n) is 16.4. The normalized spacial score (nSPS) is 22.8. The first kappa shape index (κ1) is 19.6. The lowest BCUT2D eigenvalue weighted by Gasteiger charge is -2.42. The molecule has 1 fully saturated rings. The first-order chi connectivity index (χ1) is 13.6. The minimum Gasteiger partial charge on any atom is -0.345 e. The number of hydrogen-bond acceptors (Lipinski definition) is 4. The number of pyridine rings is 1. The summed E-state index contributed by atoms with van der Waals surface area (Å²) in [5.41, 5.74) is 1.04. The van der Waals surface area contributed by atoms with Crippen molar-refractivity contribution in [3.05, 3.63) is 28.5 Å². The highest BCUT2D eigenvalue weighted by Crippen LogP contribution is 2.38. The first-order valence-electron chi connectivity index (χ1n) is 9.43. The molecule has 2 aliphatic heterocycles. The van der Waals surface area contributed by atoms with Gasteiger partial charge in [-0.25, -0.2) is 9.37 Å². The van der Waals surface area contributed by atoms with E-state index < -0.39 is 29.6 Å². The third-order valence-corrected chi connectivity index (χ3v) is 5.95. The summed E-state index contributed by atoms with van der Waals surface area (Å²) in [6.45, 7) is 5.55. The molecular formula is C20H21ClFN5O2. The van der Waals surface area contributed by atoms with Crippen LogP contribution in [0.5, 0.6) is 0 Å². The molecule has 0 saturated carbocycles. The molecule has 2 aromatic rings. The summed E-state index contributed by atoms with van der Waals surface area (Å²) in [5, 5.41) is 10.4. The maximum absolute atomic E-state index is 14.0. The van der Waals surface area contributed by atoms with Crippen LogP contribution in [0.3, 0.4) is 0 Å². The summed E-state index contributed by atoms with van der Waals surface area (Å²) in [6, 6.07) is 0.301. The number of halogens is 2. The number of likely N-dealkylation sites (tertiary alicyclic amines) is 1. The van der Waals surface area contributed by atoms with Crippen molar-refractivity contribution < 1.29 is 14.0 Å². The van der Waals surface area contributed by atoms with Gasteiger partial charge in [-0.05, 0) is 5.41 Å². The van der Waals surface area contributed by atoms with Crippen LogP contribution in [0.1, 0.15) is 43.1 Å². The number of carbonyl (C=O) groups excluding carboxylic acids is 2. The zero-order valence-corrected chi connectivity index (χ0v) is 17.1. The van der Waals surface area contributed by atoms with Gasteiger partial charge in [-0.3, -0.25) is 9.59 Å². The summed E-state index contributed by atoms with van der Waals surface area (Å²) < 4.78 is 14.0. The van der Waals surface area contributed by atoms with Gasteiger partial charge in [0.25, 0.3) is 5.91 Å². The number of nitrogens with zero attached hydrogens (tertiary/aromatic N) is 4. The molecule has 4 heterocycles. The van der Waals surface area contributed by atoms with Crippen molar-refractivity contribution in [1.82, 2.24) is 19.8 Å². The van der Waals surface area contributed by atoms with E-state index in [0.717, 1.165) is 5.56 Å². The predicted molar refractivity (Wildman–Crippen MR) is 105 cm³/mol. The number of aromatic amines is 1. The molecule has 1 saturated heterocycles. The largest absolute Gasteiger partial charge is 0.345 e. The van der Waals surface area contributed by atoms with Crippen LogP contribution < -0.4 is 0 Å². The second-order valence-corrected chi connectivity index (χ2v) is 9.09. The van der Waals surface area contributed by atoms with Gasteiger partial charge < -0.3 is 14.8 Å². The topological polar surface area (TPSA) is 93.1 Å². The lowest BCUT2D eigenvalue weighted by molar-refractivity contribution is -0.140. The van der Waals surface area contributed by atoms with E-state index in [1.807, 2.05) is 26.8 Å². The van der Waals surface area contributed by atoms with Gasteiger partial charge in [-0.1, -0.05) is 32.4 Å². The third-order valence-electron chi connectivity index (χ3n) is 5.62. The quantitative estimate of drug-likeness (QED) is 0.812. The lowest BCUT2D eigenvalue weighted by atomic mass is 9.83. The Kier molecular flexibility index (Phi) is 4.54. The molecular weight excluding hydrogens is 397 g/mol. The molecule has 0 spiro atoms. The molecule has 29 heavy (non-hydrogen) atoms. The van der Waals surface area contributed by atoms with E-state index in [1.54, 1.807) is 6.20 Å². The van der Waals surface area contributed by atoms with E-state index in [1.165, 1.54) is 16.0 Å². The van der Waals surface area contributed by atoms with Gasteiger partial charge in [0.05, 0.1) is 23.2 Å². The number of H-pyrrole nitrogens is 1. The number of alkyl halides is 1. The van der Waals surface area contributed by atoms with Crippen molar-refractivity contribution in [3.8, 4) is 6.07 Å². The molecule has 0 radical (unpaired) electrons. The SMILES string of the molecule is CC(C)(C)[C@H](C(=O)N1C[C@@H](F)C[C@H]1C#N)N1Cc2c(Cl)cnc3[nH]cc(c23)C1=O. The number of nitriles is 1. The molecule has 2 aromatic heterocycles. The summed E-state index contributed by atoms with van der Waals surface area (Å²) in [5.74, 6) is -0.733. The maximum Gasteiger partial charge on any atom is 0.257 e. The van der Waals surface area contributed by atoms with Crippen LogP contribution in [0.15, 0.2) is 12.4 Å². The lowest BCUT2D eigenvalue weighted by Crippen LogP contribution is -2.57. The van der Waals surface area contributed by atoms with Gasteiger partial charge in [0.2, 0.25) is 5.91 Å². The van der Waals surface area contributed by atoms with Gasteiger partial charge in [-0.15, -0.1) is 0 Å². The third kappa shape index (κ3) is 3.04. The highest BCUT2D eigenvalue weighted by Gasteiger charge is 2.47. The Hall–Kier alpha value is -2.66.